The summed E-state index contributed by atoms with van der Waals surface area (Å²) >= 11 is 0. The molecule has 0 atom stereocenters. The molecule has 0 aromatic heterocycles. The van der Waals surface area contributed by atoms with Crippen molar-refractivity contribution in [2.24, 2.45) is 5.73 Å². The largest absolute Gasteiger partial charge is 0.324 e. The summed E-state index contributed by atoms with van der Waals surface area (Å²) in [4.78, 5) is 0. The van der Waals surface area contributed by atoms with Gasteiger partial charge in [0.05, 0.1) is 5.75 Å². The lowest BCUT2D eigenvalue weighted by Crippen LogP contribution is -2.45. The maximum absolute atomic E-state index is 11.7. The first kappa shape index (κ1) is 14.2. The molecule has 1 aromatic carbocycles. The first-order valence-corrected chi connectivity index (χ1v) is 7.24. The molecule has 0 saturated heterocycles. The summed E-state index contributed by atoms with van der Waals surface area (Å²) in [5.41, 5.74) is 6.21. The molecule has 0 aliphatic carbocycles. The number of aryl methyl sites for hydroxylation is 1. The van der Waals surface area contributed by atoms with Crippen LogP contribution in [0.3, 0.4) is 0 Å². The molecule has 0 fully saturated rings. The van der Waals surface area contributed by atoms with Crippen LogP contribution in [0.2, 0.25) is 0 Å². The van der Waals surface area contributed by atoms with E-state index in [1.165, 1.54) is 0 Å². The van der Waals surface area contributed by atoms with E-state index in [1.54, 1.807) is 13.8 Å². The van der Waals surface area contributed by atoms with Gasteiger partial charge in [0.25, 0.3) is 0 Å². The molecule has 3 N–H and O–H groups in total. The van der Waals surface area contributed by atoms with Gasteiger partial charge in [0.2, 0.25) is 10.0 Å². The van der Waals surface area contributed by atoms with Crippen LogP contribution in [0.1, 0.15) is 19.4 Å². The number of nitrogens with two attached hydrogens (primary N) is 1. The Kier molecular flexibility index (Phi) is 4.68. The van der Waals surface area contributed by atoms with Crippen molar-refractivity contribution in [3.05, 3.63) is 35.9 Å². The van der Waals surface area contributed by atoms with Crippen LogP contribution in [-0.4, -0.2) is 26.3 Å². The average Bonchev–Trinajstić information content (AvgIpc) is 2.25. The highest BCUT2D eigenvalue weighted by atomic mass is 32.2. The highest BCUT2D eigenvalue weighted by molar-refractivity contribution is 7.89. The fourth-order valence-corrected chi connectivity index (χ4v) is 2.51. The topological polar surface area (TPSA) is 72.2 Å². The van der Waals surface area contributed by atoms with E-state index in [9.17, 15) is 8.42 Å². The van der Waals surface area contributed by atoms with E-state index in [0.29, 0.717) is 6.42 Å². The van der Waals surface area contributed by atoms with Crippen LogP contribution >= 0.6 is 0 Å². The zero-order valence-electron chi connectivity index (χ0n) is 10.3. The predicted octanol–water partition coefficient (Wildman–Crippen LogP) is 0.886. The lowest BCUT2D eigenvalue weighted by molar-refractivity contribution is 0.498. The molecule has 0 spiro atoms. The Labute approximate surface area is 103 Å². The van der Waals surface area contributed by atoms with E-state index >= 15 is 0 Å². The van der Waals surface area contributed by atoms with Crippen LogP contribution in [0.4, 0.5) is 0 Å². The highest BCUT2D eigenvalue weighted by Crippen LogP contribution is 2.02. The van der Waals surface area contributed by atoms with Gasteiger partial charge in [-0.15, -0.1) is 0 Å². The second-order valence-electron chi connectivity index (χ2n) is 4.86. The molecule has 5 heteroatoms. The van der Waals surface area contributed by atoms with Gasteiger partial charge < -0.3 is 5.73 Å². The third-order valence-electron chi connectivity index (χ3n) is 2.25. The quantitative estimate of drug-likeness (QED) is 0.794. The van der Waals surface area contributed by atoms with Crippen molar-refractivity contribution in [3.63, 3.8) is 0 Å². The number of hydrogen-bond donors (Lipinski definition) is 2. The predicted molar refractivity (Wildman–Crippen MR) is 70.2 cm³/mol. The van der Waals surface area contributed by atoms with E-state index < -0.39 is 15.6 Å². The monoisotopic (exact) mass is 256 g/mol. The molecule has 0 amide bonds. The van der Waals surface area contributed by atoms with Crippen molar-refractivity contribution in [2.75, 3.05) is 12.3 Å². The third-order valence-corrected chi connectivity index (χ3v) is 3.58. The normalized spacial score (nSPS) is 12.6. The first-order valence-electron chi connectivity index (χ1n) is 5.59. The Morgan fingerprint density at radius 1 is 1.24 bits per heavy atom. The van der Waals surface area contributed by atoms with Gasteiger partial charge in [0.15, 0.2) is 0 Å². The third kappa shape index (κ3) is 6.41. The molecule has 96 valence electrons. The van der Waals surface area contributed by atoms with Crippen molar-refractivity contribution in [1.29, 1.82) is 0 Å². The average molecular weight is 256 g/mol. The second-order valence-corrected chi connectivity index (χ2v) is 6.79. The van der Waals surface area contributed by atoms with E-state index in [1.807, 2.05) is 30.3 Å². The molecule has 0 aliphatic heterocycles. The summed E-state index contributed by atoms with van der Waals surface area (Å²) in [5, 5.41) is 0. The number of rotatable bonds is 6. The van der Waals surface area contributed by atoms with Crippen LogP contribution in [0.25, 0.3) is 0 Å². The Morgan fingerprint density at radius 2 is 1.82 bits per heavy atom. The molecule has 0 radical (unpaired) electrons. The molecule has 1 aromatic rings. The van der Waals surface area contributed by atoms with Crippen LogP contribution in [0, 0.1) is 0 Å². The molecule has 0 aliphatic rings. The van der Waals surface area contributed by atoms with Gasteiger partial charge in [0, 0.05) is 12.1 Å². The Bertz CT molecular complexity index is 435. The van der Waals surface area contributed by atoms with Gasteiger partial charge in [-0.1, -0.05) is 30.3 Å². The van der Waals surface area contributed by atoms with Crippen LogP contribution in [0.5, 0.6) is 0 Å². The summed E-state index contributed by atoms with van der Waals surface area (Å²) in [6.45, 7) is 3.82. The van der Waals surface area contributed by atoms with Gasteiger partial charge in [0.1, 0.15) is 0 Å². The molecule has 1 rings (SSSR count). The van der Waals surface area contributed by atoms with Crippen molar-refractivity contribution in [1.82, 2.24) is 4.72 Å². The number of nitrogens with one attached hydrogen (secondary N) is 1. The molecule has 0 heterocycles. The maximum Gasteiger partial charge on any atom is 0.211 e. The summed E-state index contributed by atoms with van der Waals surface area (Å²) in [6, 6.07) is 9.55. The standard InChI is InChI=1S/C12H20N2O2S/c1-12(2,13)10-14-17(15,16)9-8-11-6-4-3-5-7-11/h3-7,14H,8-10,13H2,1-2H3. The van der Waals surface area contributed by atoms with Crippen molar-refractivity contribution in [2.45, 2.75) is 25.8 Å². The molecule has 17 heavy (non-hydrogen) atoms. The van der Waals surface area contributed by atoms with Crippen molar-refractivity contribution < 1.29 is 8.42 Å². The lowest BCUT2D eigenvalue weighted by atomic mass is 10.1. The Balaban J connectivity index is 2.46. The van der Waals surface area contributed by atoms with Gasteiger partial charge in [-0.3, -0.25) is 0 Å². The van der Waals surface area contributed by atoms with Gasteiger partial charge >= 0.3 is 0 Å². The zero-order valence-corrected chi connectivity index (χ0v) is 11.1. The summed E-state index contributed by atoms with van der Waals surface area (Å²) in [6.07, 6.45) is 0.515. The van der Waals surface area contributed by atoms with Crippen LogP contribution in [0.15, 0.2) is 30.3 Å². The van der Waals surface area contributed by atoms with E-state index in [2.05, 4.69) is 4.72 Å². The number of sulfonamides is 1. The van der Waals surface area contributed by atoms with Gasteiger partial charge in [-0.2, -0.15) is 0 Å². The minimum absolute atomic E-state index is 0.0904. The maximum atomic E-state index is 11.7. The van der Waals surface area contributed by atoms with Gasteiger partial charge in [-0.05, 0) is 25.8 Å². The first-order chi connectivity index (χ1) is 7.79. The second kappa shape index (κ2) is 5.62. The van der Waals surface area contributed by atoms with Gasteiger partial charge in [-0.25, -0.2) is 13.1 Å². The Morgan fingerprint density at radius 3 is 2.35 bits per heavy atom. The number of hydrogen-bond acceptors (Lipinski definition) is 3. The Hall–Kier alpha value is -0.910. The lowest BCUT2D eigenvalue weighted by Gasteiger charge is -2.18. The van der Waals surface area contributed by atoms with E-state index in [0.717, 1.165) is 5.56 Å². The summed E-state index contributed by atoms with van der Waals surface area (Å²) in [7, 11) is -3.24. The fourth-order valence-electron chi connectivity index (χ4n) is 1.27. The van der Waals surface area contributed by atoms with Crippen molar-refractivity contribution >= 4 is 10.0 Å². The fraction of sp³-hybridized carbons (Fsp3) is 0.500. The van der Waals surface area contributed by atoms with E-state index in [4.69, 9.17) is 5.73 Å². The number of benzene rings is 1. The molecular formula is C12H20N2O2S. The SMILES string of the molecule is CC(C)(N)CNS(=O)(=O)CCc1ccccc1. The van der Waals surface area contributed by atoms with Crippen LogP contribution in [-0.2, 0) is 16.4 Å². The van der Waals surface area contributed by atoms with Crippen LogP contribution < -0.4 is 10.5 Å². The minimum atomic E-state index is -3.24. The molecular weight excluding hydrogens is 236 g/mol. The highest BCUT2D eigenvalue weighted by Gasteiger charge is 2.16. The summed E-state index contributed by atoms with van der Waals surface area (Å²) in [5.74, 6) is 0.0904. The zero-order chi connectivity index (χ0) is 12.9. The molecule has 0 bridgehead atoms. The smallest absolute Gasteiger partial charge is 0.211 e. The summed E-state index contributed by atoms with van der Waals surface area (Å²) < 4.78 is 25.9. The molecule has 0 saturated carbocycles. The minimum Gasteiger partial charge on any atom is -0.324 e. The van der Waals surface area contributed by atoms with E-state index in [-0.39, 0.29) is 12.3 Å². The van der Waals surface area contributed by atoms with Crippen molar-refractivity contribution in [3.8, 4) is 0 Å². The molecule has 0 unspecified atom stereocenters. The molecule has 4 nitrogen and oxygen atoms in total.